The Morgan fingerprint density at radius 2 is 2.22 bits per heavy atom. The summed E-state index contributed by atoms with van der Waals surface area (Å²) in [7, 11) is 0. The van der Waals surface area contributed by atoms with E-state index in [1.54, 1.807) is 6.20 Å². The molecule has 0 fully saturated rings. The first-order valence-electron chi connectivity index (χ1n) is 5.57. The maximum Gasteiger partial charge on any atom is 0.122 e. The third-order valence-electron chi connectivity index (χ3n) is 2.43. The molecule has 3 N–H and O–H groups in total. The SMILES string of the molecule is Cc1cccc(CNc2ccnc(C(N)=S)c2)n1. The summed E-state index contributed by atoms with van der Waals surface area (Å²) in [6.45, 7) is 2.63. The van der Waals surface area contributed by atoms with Gasteiger partial charge in [0, 0.05) is 17.6 Å². The molecule has 92 valence electrons. The van der Waals surface area contributed by atoms with Crippen LogP contribution < -0.4 is 11.1 Å². The molecule has 0 radical (unpaired) electrons. The molecule has 0 amide bonds. The van der Waals surface area contributed by atoms with Crippen LogP contribution in [0.2, 0.25) is 0 Å². The lowest BCUT2D eigenvalue weighted by Gasteiger charge is -2.07. The molecule has 0 aliphatic heterocycles. The molecule has 0 aliphatic rings. The van der Waals surface area contributed by atoms with Crippen molar-refractivity contribution in [2.75, 3.05) is 5.32 Å². The van der Waals surface area contributed by atoms with E-state index in [0.29, 0.717) is 17.2 Å². The number of anilines is 1. The highest BCUT2D eigenvalue weighted by atomic mass is 32.1. The second-order valence-electron chi connectivity index (χ2n) is 3.92. The van der Waals surface area contributed by atoms with Crippen LogP contribution in [0.3, 0.4) is 0 Å². The zero-order valence-corrected chi connectivity index (χ0v) is 10.9. The molecule has 0 unspecified atom stereocenters. The van der Waals surface area contributed by atoms with E-state index >= 15 is 0 Å². The van der Waals surface area contributed by atoms with Gasteiger partial charge in [0.2, 0.25) is 0 Å². The Kier molecular flexibility index (Phi) is 3.84. The number of aryl methyl sites for hydroxylation is 1. The number of hydrogen-bond donors (Lipinski definition) is 2. The van der Waals surface area contributed by atoms with Gasteiger partial charge in [0.15, 0.2) is 0 Å². The Morgan fingerprint density at radius 3 is 2.94 bits per heavy atom. The number of hydrogen-bond acceptors (Lipinski definition) is 4. The molecule has 2 heterocycles. The first kappa shape index (κ1) is 12.4. The van der Waals surface area contributed by atoms with Crippen molar-refractivity contribution in [1.82, 2.24) is 9.97 Å². The Hall–Kier alpha value is -2.01. The summed E-state index contributed by atoms with van der Waals surface area (Å²) in [6, 6.07) is 9.65. The number of nitrogens with two attached hydrogens (primary N) is 1. The fourth-order valence-electron chi connectivity index (χ4n) is 1.57. The minimum atomic E-state index is 0.298. The average Bonchev–Trinajstić information content (AvgIpc) is 2.37. The number of aromatic nitrogens is 2. The van der Waals surface area contributed by atoms with E-state index in [1.807, 2.05) is 37.3 Å². The molecule has 2 aromatic rings. The van der Waals surface area contributed by atoms with Crippen LogP contribution in [0.25, 0.3) is 0 Å². The van der Waals surface area contributed by atoms with Gasteiger partial charge in [-0.3, -0.25) is 9.97 Å². The monoisotopic (exact) mass is 258 g/mol. The van der Waals surface area contributed by atoms with E-state index in [-0.39, 0.29) is 0 Å². The van der Waals surface area contributed by atoms with Crippen LogP contribution in [-0.2, 0) is 6.54 Å². The van der Waals surface area contributed by atoms with E-state index in [2.05, 4.69) is 15.3 Å². The van der Waals surface area contributed by atoms with Crippen molar-refractivity contribution < 1.29 is 0 Å². The second-order valence-corrected chi connectivity index (χ2v) is 4.36. The van der Waals surface area contributed by atoms with Crippen LogP contribution in [0.4, 0.5) is 5.69 Å². The fraction of sp³-hybridized carbons (Fsp3) is 0.154. The zero-order chi connectivity index (χ0) is 13.0. The first-order valence-corrected chi connectivity index (χ1v) is 5.98. The van der Waals surface area contributed by atoms with E-state index in [9.17, 15) is 0 Å². The van der Waals surface area contributed by atoms with Gasteiger partial charge < -0.3 is 11.1 Å². The summed E-state index contributed by atoms with van der Waals surface area (Å²) < 4.78 is 0. The van der Waals surface area contributed by atoms with Gasteiger partial charge in [0.1, 0.15) is 4.99 Å². The predicted octanol–water partition coefficient (Wildman–Crippen LogP) is 2.03. The number of nitrogens with one attached hydrogen (secondary N) is 1. The van der Waals surface area contributed by atoms with Gasteiger partial charge in [-0.1, -0.05) is 18.3 Å². The molecule has 5 heteroatoms. The third-order valence-corrected chi connectivity index (χ3v) is 2.64. The standard InChI is InChI=1S/C13H14N4S/c1-9-3-2-4-11(17-9)8-16-10-5-6-15-12(7-10)13(14)18/h2-7H,8H2,1H3,(H2,14,18)(H,15,16). The molecule has 2 aromatic heterocycles. The molecule has 18 heavy (non-hydrogen) atoms. The lowest BCUT2D eigenvalue weighted by Crippen LogP contribution is -2.12. The van der Waals surface area contributed by atoms with Crippen LogP contribution in [-0.4, -0.2) is 15.0 Å². The predicted molar refractivity (Wildman–Crippen MR) is 76.4 cm³/mol. The summed E-state index contributed by atoms with van der Waals surface area (Å²) in [5, 5.41) is 3.27. The lowest BCUT2D eigenvalue weighted by atomic mass is 10.3. The van der Waals surface area contributed by atoms with Crippen LogP contribution in [0.5, 0.6) is 0 Å². The Bertz CT molecular complexity index is 568. The van der Waals surface area contributed by atoms with Gasteiger partial charge in [-0.05, 0) is 31.2 Å². The molecule has 0 aromatic carbocycles. The molecular weight excluding hydrogens is 244 g/mol. The summed E-state index contributed by atoms with van der Waals surface area (Å²) in [4.78, 5) is 8.80. The minimum absolute atomic E-state index is 0.298. The molecule has 0 atom stereocenters. The van der Waals surface area contributed by atoms with Crippen LogP contribution in [0, 0.1) is 6.92 Å². The highest BCUT2D eigenvalue weighted by Gasteiger charge is 2.00. The van der Waals surface area contributed by atoms with Crippen LogP contribution in [0.1, 0.15) is 17.1 Å². The number of pyridine rings is 2. The van der Waals surface area contributed by atoms with Crippen LogP contribution >= 0.6 is 12.2 Å². The first-order chi connectivity index (χ1) is 8.65. The van der Waals surface area contributed by atoms with E-state index in [4.69, 9.17) is 18.0 Å². The average molecular weight is 258 g/mol. The van der Waals surface area contributed by atoms with Gasteiger partial charge in [-0.25, -0.2) is 0 Å². The maximum atomic E-state index is 5.54. The fourth-order valence-corrected chi connectivity index (χ4v) is 1.68. The van der Waals surface area contributed by atoms with Gasteiger partial charge in [-0.2, -0.15) is 0 Å². The summed E-state index contributed by atoms with van der Waals surface area (Å²) in [5.74, 6) is 0. The molecule has 0 saturated heterocycles. The summed E-state index contributed by atoms with van der Waals surface area (Å²) in [6.07, 6.45) is 1.68. The molecule has 0 spiro atoms. The molecule has 0 saturated carbocycles. The van der Waals surface area contributed by atoms with Crippen molar-refractivity contribution in [2.45, 2.75) is 13.5 Å². The normalized spacial score (nSPS) is 10.1. The maximum absolute atomic E-state index is 5.54. The van der Waals surface area contributed by atoms with Crippen molar-refractivity contribution in [3.8, 4) is 0 Å². The summed E-state index contributed by atoms with van der Waals surface area (Å²) >= 11 is 4.89. The van der Waals surface area contributed by atoms with Gasteiger partial charge in [-0.15, -0.1) is 0 Å². The van der Waals surface area contributed by atoms with E-state index in [1.165, 1.54) is 0 Å². The van der Waals surface area contributed by atoms with Crippen LogP contribution in [0.15, 0.2) is 36.5 Å². The molecule has 0 aliphatic carbocycles. The Morgan fingerprint density at radius 1 is 1.39 bits per heavy atom. The Balaban J connectivity index is 2.06. The summed E-state index contributed by atoms with van der Waals surface area (Å²) in [5.41, 5.74) is 9.08. The number of rotatable bonds is 4. The third kappa shape index (κ3) is 3.24. The highest BCUT2D eigenvalue weighted by Crippen LogP contribution is 2.09. The molecule has 2 rings (SSSR count). The van der Waals surface area contributed by atoms with Gasteiger partial charge in [0.05, 0.1) is 17.9 Å². The van der Waals surface area contributed by atoms with Gasteiger partial charge in [0.25, 0.3) is 0 Å². The number of thiocarbonyl (C=S) groups is 1. The topological polar surface area (TPSA) is 63.8 Å². The van der Waals surface area contributed by atoms with Crippen molar-refractivity contribution in [2.24, 2.45) is 5.73 Å². The molecular formula is C13H14N4S. The van der Waals surface area contributed by atoms with Crippen molar-refractivity contribution in [3.05, 3.63) is 53.6 Å². The highest BCUT2D eigenvalue weighted by molar-refractivity contribution is 7.80. The van der Waals surface area contributed by atoms with E-state index in [0.717, 1.165) is 17.1 Å². The Labute approximate surface area is 111 Å². The quantitative estimate of drug-likeness (QED) is 0.822. The van der Waals surface area contributed by atoms with Crippen molar-refractivity contribution >= 4 is 22.9 Å². The second kappa shape index (κ2) is 5.55. The molecule has 0 bridgehead atoms. The largest absolute Gasteiger partial charge is 0.388 e. The van der Waals surface area contributed by atoms with E-state index < -0.39 is 0 Å². The minimum Gasteiger partial charge on any atom is -0.388 e. The smallest absolute Gasteiger partial charge is 0.122 e. The van der Waals surface area contributed by atoms with Crippen molar-refractivity contribution in [3.63, 3.8) is 0 Å². The zero-order valence-electron chi connectivity index (χ0n) is 10.1. The lowest BCUT2D eigenvalue weighted by molar-refractivity contribution is 1.01. The molecule has 4 nitrogen and oxygen atoms in total. The number of nitrogens with zero attached hydrogens (tertiary/aromatic N) is 2. The van der Waals surface area contributed by atoms with Gasteiger partial charge >= 0.3 is 0 Å². The van der Waals surface area contributed by atoms with Crippen molar-refractivity contribution in [1.29, 1.82) is 0 Å².